The zero-order valence-electron chi connectivity index (χ0n) is 10.5. The second-order valence-corrected chi connectivity index (χ2v) is 5.12. The lowest BCUT2D eigenvalue weighted by atomic mass is 10.0. The van der Waals surface area contributed by atoms with Gasteiger partial charge in [-0.05, 0) is 30.5 Å². The summed E-state index contributed by atoms with van der Waals surface area (Å²) in [5, 5.41) is 12.0. The Morgan fingerprint density at radius 3 is 2.74 bits per heavy atom. The maximum atomic E-state index is 12.3. The third-order valence-electron chi connectivity index (χ3n) is 3.83. The van der Waals surface area contributed by atoms with Gasteiger partial charge >= 0.3 is 0 Å². The van der Waals surface area contributed by atoms with E-state index in [0.29, 0.717) is 13.0 Å². The standard InChI is InChI=1S/C14H16N2O3/c17-10-5-3-9(4-6-10)8-11-14(19)16-7-1-2-12(16)13(18)15-11/h3-6,11-12,17H,1-2,7-8H2,(H,15,18)/t11-,12-/m1/s1. The Kier molecular flexibility index (Phi) is 2.89. The van der Waals surface area contributed by atoms with Gasteiger partial charge in [-0.2, -0.15) is 0 Å². The molecule has 1 aromatic carbocycles. The first-order valence-electron chi connectivity index (χ1n) is 6.54. The molecule has 2 heterocycles. The monoisotopic (exact) mass is 260 g/mol. The number of phenols is 1. The first-order chi connectivity index (χ1) is 9.15. The average molecular weight is 260 g/mol. The highest BCUT2D eigenvalue weighted by Crippen LogP contribution is 2.23. The molecule has 0 unspecified atom stereocenters. The Labute approximate surface area is 111 Å². The van der Waals surface area contributed by atoms with Gasteiger partial charge in [0, 0.05) is 13.0 Å². The Morgan fingerprint density at radius 1 is 1.26 bits per heavy atom. The van der Waals surface area contributed by atoms with Gasteiger partial charge in [-0.25, -0.2) is 0 Å². The zero-order valence-corrected chi connectivity index (χ0v) is 10.5. The van der Waals surface area contributed by atoms with Crippen LogP contribution in [0.15, 0.2) is 24.3 Å². The van der Waals surface area contributed by atoms with Gasteiger partial charge < -0.3 is 15.3 Å². The van der Waals surface area contributed by atoms with Gasteiger partial charge in [0.1, 0.15) is 17.8 Å². The number of phenolic OH excluding ortho intramolecular Hbond substituents is 1. The second-order valence-electron chi connectivity index (χ2n) is 5.12. The minimum Gasteiger partial charge on any atom is -0.508 e. The van der Waals surface area contributed by atoms with Gasteiger partial charge in [-0.1, -0.05) is 12.1 Å². The van der Waals surface area contributed by atoms with Crippen LogP contribution in [-0.4, -0.2) is 40.4 Å². The van der Waals surface area contributed by atoms with Crippen LogP contribution in [0.1, 0.15) is 18.4 Å². The predicted octanol–water partition coefficient (Wildman–Crippen LogP) is 0.424. The van der Waals surface area contributed by atoms with Crippen molar-refractivity contribution in [1.82, 2.24) is 10.2 Å². The minimum atomic E-state index is -0.480. The SMILES string of the molecule is O=C1N[C@H](Cc2ccc(O)cc2)C(=O)N2CCC[C@H]12. The molecule has 0 radical (unpaired) electrons. The summed E-state index contributed by atoms with van der Waals surface area (Å²) in [4.78, 5) is 25.9. The van der Waals surface area contributed by atoms with E-state index in [-0.39, 0.29) is 23.6 Å². The number of rotatable bonds is 2. The number of hydrogen-bond acceptors (Lipinski definition) is 3. The molecule has 2 atom stereocenters. The molecule has 5 nitrogen and oxygen atoms in total. The zero-order chi connectivity index (χ0) is 13.4. The number of fused-ring (bicyclic) bond motifs is 1. The van der Waals surface area contributed by atoms with Crippen molar-refractivity contribution in [2.24, 2.45) is 0 Å². The number of carbonyl (C=O) groups excluding carboxylic acids is 2. The number of carbonyl (C=O) groups is 2. The Morgan fingerprint density at radius 2 is 2.00 bits per heavy atom. The second kappa shape index (κ2) is 4.57. The highest BCUT2D eigenvalue weighted by molar-refractivity contribution is 5.97. The molecule has 0 aliphatic carbocycles. The van der Waals surface area contributed by atoms with Crippen LogP contribution >= 0.6 is 0 Å². The lowest BCUT2D eigenvalue weighted by Gasteiger charge is -2.34. The number of piperazine rings is 1. The normalized spacial score (nSPS) is 26.2. The molecule has 3 rings (SSSR count). The van der Waals surface area contributed by atoms with Gasteiger partial charge in [0.05, 0.1) is 0 Å². The van der Waals surface area contributed by atoms with Crippen molar-refractivity contribution in [2.45, 2.75) is 31.3 Å². The highest BCUT2D eigenvalue weighted by Gasteiger charge is 2.42. The molecule has 2 amide bonds. The number of nitrogens with zero attached hydrogens (tertiary/aromatic N) is 1. The first-order valence-corrected chi connectivity index (χ1v) is 6.54. The summed E-state index contributed by atoms with van der Waals surface area (Å²) in [6.45, 7) is 0.684. The van der Waals surface area contributed by atoms with Crippen molar-refractivity contribution < 1.29 is 14.7 Å². The third kappa shape index (κ3) is 2.16. The van der Waals surface area contributed by atoms with Crippen molar-refractivity contribution in [2.75, 3.05) is 6.54 Å². The fourth-order valence-corrected chi connectivity index (χ4v) is 2.84. The van der Waals surface area contributed by atoms with Crippen molar-refractivity contribution in [3.05, 3.63) is 29.8 Å². The van der Waals surface area contributed by atoms with Crippen molar-refractivity contribution in [1.29, 1.82) is 0 Å². The number of hydrogen-bond donors (Lipinski definition) is 2. The molecule has 0 aromatic heterocycles. The van der Waals surface area contributed by atoms with E-state index in [0.717, 1.165) is 18.4 Å². The molecule has 0 bridgehead atoms. The Balaban J connectivity index is 1.76. The molecule has 2 saturated heterocycles. The average Bonchev–Trinajstić information content (AvgIpc) is 2.88. The summed E-state index contributed by atoms with van der Waals surface area (Å²) < 4.78 is 0. The van der Waals surface area contributed by atoms with E-state index in [2.05, 4.69) is 5.32 Å². The Hall–Kier alpha value is -2.04. The van der Waals surface area contributed by atoms with Gasteiger partial charge in [0.15, 0.2) is 0 Å². The molecule has 2 aliphatic heterocycles. The van der Waals surface area contributed by atoms with Crippen LogP contribution in [-0.2, 0) is 16.0 Å². The van der Waals surface area contributed by atoms with Crippen LogP contribution in [0, 0.1) is 0 Å². The maximum absolute atomic E-state index is 12.3. The Bertz CT molecular complexity index is 512. The largest absolute Gasteiger partial charge is 0.508 e. The fraction of sp³-hybridized carbons (Fsp3) is 0.429. The van der Waals surface area contributed by atoms with Crippen LogP contribution in [0.3, 0.4) is 0 Å². The topological polar surface area (TPSA) is 69.6 Å². The molecule has 5 heteroatoms. The number of amides is 2. The van der Waals surface area contributed by atoms with Gasteiger partial charge in [0.25, 0.3) is 0 Å². The summed E-state index contributed by atoms with van der Waals surface area (Å²) >= 11 is 0. The van der Waals surface area contributed by atoms with E-state index < -0.39 is 6.04 Å². The van der Waals surface area contributed by atoms with Crippen LogP contribution in [0.5, 0.6) is 5.75 Å². The van der Waals surface area contributed by atoms with E-state index in [1.807, 2.05) is 0 Å². The predicted molar refractivity (Wildman–Crippen MR) is 68.5 cm³/mol. The molecule has 0 spiro atoms. The molecule has 19 heavy (non-hydrogen) atoms. The van der Waals surface area contributed by atoms with Crippen molar-refractivity contribution >= 4 is 11.8 Å². The van der Waals surface area contributed by atoms with E-state index in [1.165, 1.54) is 0 Å². The van der Waals surface area contributed by atoms with E-state index in [9.17, 15) is 14.7 Å². The third-order valence-corrected chi connectivity index (χ3v) is 3.83. The van der Waals surface area contributed by atoms with Crippen LogP contribution in [0.25, 0.3) is 0 Å². The van der Waals surface area contributed by atoms with Gasteiger partial charge in [0.2, 0.25) is 11.8 Å². The van der Waals surface area contributed by atoms with E-state index in [1.54, 1.807) is 29.2 Å². The minimum absolute atomic E-state index is 0.00942. The van der Waals surface area contributed by atoms with Crippen molar-refractivity contribution in [3.63, 3.8) is 0 Å². The molecule has 2 N–H and O–H groups in total. The van der Waals surface area contributed by atoms with Crippen LogP contribution < -0.4 is 5.32 Å². The molecule has 2 aliphatic rings. The van der Waals surface area contributed by atoms with Crippen LogP contribution in [0.4, 0.5) is 0 Å². The molecule has 1 aromatic rings. The highest BCUT2D eigenvalue weighted by atomic mass is 16.3. The van der Waals surface area contributed by atoms with E-state index in [4.69, 9.17) is 0 Å². The first kappa shape index (κ1) is 12.0. The lowest BCUT2D eigenvalue weighted by molar-refractivity contribution is -0.146. The molecule has 2 fully saturated rings. The quantitative estimate of drug-likeness (QED) is 0.810. The van der Waals surface area contributed by atoms with Gasteiger partial charge in [-0.3, -0.25) is 9.59 Å². The summed E-state index contributed by atoms with van der Waals surface area (Å²) in [6.07, 6.45) is 2.13. The smallest absolute Gasteiger partial charge is 0.246 e. The fourth-order valence-electron chi connectivity index (χ4n) is 2.84. The summed E-state index contributed by atoms with van der Waals surface area (Å²) in [5.74, 6) is 0.165. The van der Waals surface area contributed by atoms with E-state index >= 15 is 0 Å². The lowest BCUT2D eigenvalue weighted by Crippen LogP contribution is -2.61. The molecular formula is C14H16N2O3. The molecular weight excluding hydrogens is 244 g/mol. The maximum Gasteiger partial charge on any atom is 0.246 e. The summed E-state index contributed by atoms with van der Waals surface area (Å²) in [6, 6.07) is 5.97. The number of aromatic hydroxyl groups is 1. The van der Waals surface area contributed by atoms with Crippen molar-refractivity contribution in [3.8, 4) is 5.75 Å². The number of benzene rings is 1. The molecule has 0 saturated carbocycles. The molecule has 100 valence electrons. The van der Waals surface area contributed by atoms with Crippen LogP contribution in [0.2, 0.25) is 0 Å². The number of nitrogens with one attached hydrogen (secondary N) is 1. The summed E-state index contributed by atoms with van der Waals surface area (Å²) in [5.41, 5.74) is 0.925. The van der Waals surface area contributed by atoms with Gasteiger partial charge in [-0.15, -0.1) is 0 Å². The summed E-state index contributed by atoms with van der Waals surface area (Å²) in [7, 11) is 0.